The number of hydrogen-bond donors (Lipinski definition) is 0. The van der Waals surface area contributed by atoms with E-state index in [4.69, 9.17) is 9.47 Å². The number of carbonyl (C=O) groups is 1. The van der Waals surface area contributed by atoms with Crippen molar-refractivity contribution in [2.75, 3.05) is 26.8 Å². The molecule has 1 aromatic heterocycles. The molecule has 3 rings (SSSR count). The van der Waals surface area contributed by atoms with Crippen LogP contribution in [0.25, 0.3) is 0 Å². The zero-order chi connectivity index (χ0) is 18.2. The third kappa shape index (κ3) is 5.22. The van der Waals surface area contributed by atoms with Crippen LogP contribution < -0.4 is 9.47 Å². The molecule has 1 aromatic carbocycles. The fourth-order valence-corrected chi connectivity index (χ4v) is 3.27. The van der Waals surface area contributed by atoms with E-state index in [1.807, 2.05) is 47.5 Å². The second-order valence-corrected chi connectivity index (χ2v) is 6.70. The van der Waals surface area contributed by atoms with E-state index in [0.29, 0.717) is 18.9 Å². The SMILES string of the molecule is COc1ccc(OCC2CCCN(C(=O)CCc3cccnc3)C2)cc1. The summed E-state index contributed by atoms with van der Waals surface area (Å²) in [5.41, 5.74) is 1.11. The lowest BCUT2D eigenvalue weighted by molar-refractivity contribution is -0.133. The summed E-state index contributed by atoms with van der Waals surface area (Å²) in [7, 11) is 1.65. The van der Waals surface area contributed by atoms with Crippen molar-refractivity contribution < 1.29 is 14.3 Å². The van der Waals surface area contributed by atoms with Crippen LogP contribution in [0.2, 0.25) is 0 Å². The molecule has 1 aliphatic heterocycles. The Morgan fingerprint density at radius 1 is 1.23 bits per heavy atom. The van der Waals surface area contributed by atoms with Gasteiger partial charge in [0.25, 0.3) is 0 Å². The molecule has 1 amide bonds. The molecule has 0 radical (unpaired) electrons. The lowest BCUT2D eigenvalue weighted by atomic mass is 9.98. The maximum absolute atomic E-state index is 12.5. The molecule has 1 saturated heterocycles. The van der Waals surface area contributed by atoms with E-state index in [1.165, 1.54) is 0 Å². The second-order valence-electron chi connectivity index (χ2n) is 6.70. The molecule has 1 fully saturated rings. The number of methoxy groups -OCH3 is 1. The molecule has 5 nitrogen and oxygen atoms in total. The van der Waals surface area contributed by atoms with Gasteiger partial charge in [-0.25, -0.2) is 0 Å². The van der Waals surface area contributed by atoms with Crippen molar-refractivity contribution in [2.24, 2.45) is 5.92 Å². The average Bonchev–Trinajstić information content (AvgIpc) is 2.72. The molecular formula is C21H26N2O3. The number of likely N-dealkylation sites (tertiary alicyclic amines) is 1. The fraction of sp³-hybridized carbons (Fsp3) is 0.429. The zero-order valence-electron chi connectivity index (χ0n) is 15.3. The van der Waals surface area contributed by atoms with Crippen molar-refractivity contribution in [1.82, 2.24) is 9.88 Å². The number of aromatic nitrogens is 1. The molecule has 0 bridgehead atoms. The number of amides is 1. The monoisotopic (exact) mass is 354 g/mol. The number of carbonyl (C=O) groups excluding carboxylic acids is 1. The van der Waals surface area contributed by atoms with Gasteiger partial charge in [-0.15, -0.1) is 0 Å². The van der Waals surface area contributed by atoms with Crippen molar-refractivity contribution in [3.63, 3.8) is 0 Å². The number of aryl methyl sites for hydroxylation is 1. The van der Waals surface area contributed by atoms with Crippen molar-refractivity contribution in [2.45, 2.75) is 25.7 Å². The lowest BCUT2D eigenvalue weighted by Crippen LogP contribution is -2.41. The van der Waals surface area contributed by atoms with Crippen LogP contribution >= 0.6 is 0 Å². The van der Waals surface area contributed by atoms with Crippen molar-refractivity contribution in [1.29, 1.82) is 0 Å². The fourth-order valence-electron chi connectivity index (χ4n) is 3.27. The Morgan fingerprint density at radius 3 is 2.77 bits per heavy atom. The minimum Gasteiger partial charge on any atom is -0.497 e. The maximum Gasteiger partial charge on any atom is 0.222 e. The van der Waals surface area contributed by atoms with Gasteiger partial charge in [-0.1, -0.05) is 6.07 Å². The number of pyridine rings is 1. The van der Waals surface area contributed by atoms with Crippen LogP contribution in [0.15, 0.2) is 48.8 Å². The minimum absolute atomic E-state index is 0.225. The number of piperidine rings is 1. The zero-order valence-corrected chi connectivity index (χ0v) is 15.3. The molecule has 1 unspecified atom stereocenters. The van der Waals surface area contributed by atoms with Gasteiger partial charge in [-0.2, -0.15) is 0 Å². The summed E-state index contributed by atoms with van der Waals surface area (Å²) in [4.78, 5) is 18.6. The molecule has 0 spiro atoms. The molecule has 0 aliphatic carbocycles. The highest BCUT2D eigenvalue weighted by atomic mass is 16.5. The largest absolute Gasteiger partial charge is 0.497 e. The number of rotatable bonds is 7. The Kier molecular flexibility index (Phi) is 6.47. The van der Waals surface area contributed by atoms with E-state index < -0.39 is 0 Å². The van der Waals surface area contributed by atoms with Gasteiger partial charge >= 0.3 is 0 Å². The van der Waals surface area contributed by atoms with Crippen LogP contribution in [0, 0.1) is 5.92 Å². The molecule has 5 heteroatoms. The van der Waals surface area contributed by atoms with E-state index in [1.54, 1.807) is 13.3 Å². The second kappa shape index (κ2) is 9.22. The summed E-state index contributed by atoms with van der Waals surface area (Å²) < 4.78 is 11.1. The number of ether oxygens (including phenoxy) is 2. The highest BCUT2D eigenvalue weighted by Crippen LogP contribution is 2.21. The maximum atomic E-state index is 12.5. The van der Waals surface area contributed by atoms with Crippen molar-refractivity contribution in [3.05, 3.63) is 54.4 Å². The molecule has 26 heavy (non-hydrogen) atoms. The predicted molar refractivity (Wildman–Crippen MR) is 100 cm³/mol. The summed E-state index contributed by atoms with van der Waals surface area (Å²) >= 11 is 0. The number of hydrogen-bond acceptors (Lipinski definition) is 4. The molecule has 0 N–H and O–H groups in total. The normalized spacial score (nSPS) is 17.0. The smallest absolute Gasteiger partial charge is 0.222 e. The van der Waals surface area contributed by atoms with Gasteiger partial charge < -0.3 is 14.4 Å². The first-order valence-corrected chi connectivity index (χ1v) is 9.18. The van der Waals surface area contributed by atoms with E-state index in [9.17, 15) is 4.79 Å². The first kappa shape index (κ1) is 18.2. The van der Waals surface area contributed by atoms with Crippen LogP contribution in [-0.2, 0) is 11.2 Å². The van der Waals surface area contributed by atoms with E-state index in [0.717, 1.165) is 49.4 Å². The van der Waals surface area contributed by atoms with Gasteiger partial charge in [0.15, 0.2) is 0 Å². The van der Waals surface area contributed by atoms with Crippen LogP contribution in [0.5, 0.6) is 11.5 Å². The quantitative estimate of drug-likeness (QED) is 0.765. The molecule has 1 atom stereocenters. The Hall–Kier alpha value is -2.56. The third-order valence-corrected chi connectivity index (χ3v) is 4.77. The van der Waals surface area contributed by atoms with E-state index in [-0.39, 0.29) is 5.91 Å². The van der Waals surface area contributed by atoms with Gasteiger partial charge in [-0.3, -0.25) is 9.78 Å². The van der Waals surface area contributed by atoms with Crippen LogP contribution in [0.3, 0.4) is 0 Å². The van der Waals surface area contributed by atoms with Gasteiger partial charge in [0.2, 0.25) is 5.91 Å². The summed E-state index contributed by atoms with van der Waals surface area (Å²) in [6, 6.07) is 11.5. The van der Waals surface area contributed by atoms with E-state index >= 15 is 0 Å². The highest BCUT2D eigenvalue weighted by Gasteiger charge is 2.23. The average molecular weight is 354 g/mol. The first-order valence-electron chi connectivity index (χ1n) is 9.18. The molecule has 2 heterocycles. The number of nitrogens with zero attached hydrogens (tertiary/aromatic N) is 2. The summed E-state index contributed by atoms with van der Waals surface area (Å²) in [6.45, 7) is 2.27. The summed E-state index contributed by atoms with van der Waals surface area (Å²) in [6.07, 6.45) is 7.00. The van der Waals surface area contributed by atoms with Crippen molar-refractivity contribution >= 4 is 5.91 Å². The summed E-state index contributed by atoms with van der Waals surface area (Å²) in [5, 5.41) is 0. The standard InChI is InChI=1S/C21H26N2O3/c1-25-19-7-9-20(10-8-19)26-16-18-5-3-13-23(15-18)21(24)11-6-17-4-2-12-22-14-17/h2,4,7-10,12,14,18H,3,5-6,11,13,15-16H2,1H3. The lowest BCUT2D eigenvalue weighted by Gasteiger charge is -2.32. The molecule has 1 aliphatic rings. The molecule has 138 valence electrons. The highest BCUT2D eigenvalue weighted by molar-refractivity contribution is 5.76. The number of benzene rings is 1. The Morgan fingerprint density at radius 2 is 2.04 bits per heavy atom. The van der Waals surface area contributed by atoms with E-state index in [2.05, 4.69) is 4.98 Å². The third-order valence-electron chi connectivity index (χ3n) is 4.77. The Labute approximate surface area is 155 Å². The van der Waals surface area contributed by atoms with Gasteiger partial charge in [0.05, 0.1) is 13.7 Å². The summed E-state index contributed by atoms with van der Waals surface area (Å²) in [5.74, 6) is 2.27. The molecular weight excluding hydrogens is 328 g/mol. The molecule has 0 saturated carbocycles. The van der Waals surface area contributed by atoms with Crippen LogP contribution in [0.4, 0.5) is 0 Å². The topological polar surface area (TPSA) is 51.7 Å². The Bertz CT molecular complexity index is 688. The van der Waals surface area contributed by atoms with Crippen LogP contribution in [0.1, 0.15) is 24.8 Å². The van der Waals surface area contributed by atoms with Crippen LogP contribution in [-0.4, -0.2) is 42.6 Å². The van der Waals surface area contributed by atoms with Gasteiger partial charge in [-0.05, 0) is 55.2 Å². The van der Waals surface area contributed by atoms with Gasteiger partial charge in [0.1, 0.15) is 11.5 Å². The van der Waals surface area contributed by atoms with Crippen molar-refractivity contribution in [3.8, 4) is 11.5 Å². The minimum atomic E-state index is 0.225. The first-order chi connectivity index (χ1) is 12.7. The molecule has 2 aromatic rings. The predicted octanol–water partition coefficient (Wildman–Crippen LogP) is 3.34. The Balaban J connectivity index is 1.44. The van der Waals surface area contributed by atoms with Gasteiger partial charge in [0, 0.05) is 37.8 Å².